The summed E-state index contributed by atoms with van der Waals surface area (Å²) in [5.41, 5.74) is 1.38. The lowest BCUT2D eigenvalue weighted by molar-refractivity contribution is -0.125. The van der Waals surface area contributed by atoms with Crippen LogP contribution in [0.1, 0.15) is 13.3 Å². The largest absolute Gasteiger partial charge is 0.479 e. The summed E-state index contributed by atoms with van der Waals surface area (Å²) in [4.78, 5) is 26.3. The van der Waals surface area contributed by atoms with Gasteiger partial charge >= 0.3 is 0 Å². The van der Waals surface area contributed by atoms with Gasteiger partial charge in [-0.05, 0) is 53.2 Å². The lowest BCUT2D eigenvalue weighted by atomic mass is 10.1. The number of anilines is 2. The normalized spacial score (nSPS) is 16.2. The fraction of sp³-hybridized carbons (Fsp3) is 0.222. The zero-order valence-electron chi connectivity index (χ0n) is 13.5. The highest BCUT2D eigenvalue weighted by Gasteiger charge is 2.31. The number of benzene rings is 2. The molecule has 0 aliphatic carbocycles. The Hall–Kier alpha value is -1.86. The minimum atomic E-state index is -0.558. The average Bonchev–Trinajstić information content (AvgIpc) is 2.58. The molecule has 0 radical (unpaired) electrons. The Kier molecular flexibility index (Phi) is 5.44. The van der Waals surface area contributed by atoms with Crippen LogP contribution in [0.4, 0.5) is 11.4 Å². The Morgan fingerprint density at radius 2 is 2.00 bits per heavy atom. The number of rotatable bonds is 4. The summed E-state index contributed by atoms with van der Waals surface area (Å²) in [6.45, 7) is 2.00. The van der Waals surface area contributed by atoms with E-state index in [0.717, 1.165) is 8.95 Å². The maximum Gasteiger partial charge on any atom is 0.267 e. The van der Waals surface area contributed by atoms with Gasteiger partial charge in [-0.2, -0.15) is 0 Å². The Bertz CT molecular complexity index is 826. The van der Waals surface area contributed by atoms with Crippen molar-refractivity contribution in [2.24, 2.45) is 0 Å². The van der Waals surface area contributed by atoms with Crippen LogP contribution in [0, 0.1) is 0 Å². The fourth-order valence-electron chi connectivity index (χ4n) is 2.61. The maximum atomic E-state index is 12.4. The lowest BCUT2D eigenvalue weighted by Gasteiger charge is -2.32. The van der Waals surface area contributed by atoms with Gasteiger partial charge in [0.05, 0.1) is 11.4 Å². The second-order valence-corrected chi connectivity index (χ2v) is 7.41. The van der Waals surface area contributed by atoms with Crippen molar-refractivity contribution in [1.82, 2.24) is 0 Å². The number of para-hydroxylation sites is 2. The van der Waals surface area contributed by atoms with Crippen LogP contribution in [0.15, 0.2) is 51.4 Å². The second-order valence-electron chi connectivity index (χ2n) is 5.64. The number of nitrogens with one attached hydrogen (secondary N) is 1. The van der Waals surface area contributed by atoms with E-state index in [1.54, 1.807) is 11.8 Å². The first-order valence-corrected chi connectivity index (χ1v) is 9.36. The number of halogens is 2. The van der Waals surface area contributed by atoms with E-state index in [2.05, 4.69) is 37.2 Å². The van der Waals surface area contributed by atoms with Gasteiger partial charge in [0.2, 0.25) is 5.91 Å². The molecule has 130 valence electrons. The molecule has 0 aromatic heterocycles. The number of carbonyl (C=O) groups is 2. The van der Waals surface area contributed by atoms with Gasteiger partial charge < -0.3 is 15.0 Å². The molecule has 0 saturated heterocycles. The monoisotopic (exact) mass is 466 g/mol. The van der Waals surface area contributed by atoms with Gasteiger partial charge in [-0.15, -0.1) is 0 Å². The zero-order chi connectivity index (χ0) is 18.0. The van der Waals surface area contributed by atoms with Crippen molar-refractivity contribution in [2.45, 2.75) is 19.4 Å². The molecule has 7 heteroatoms. The molecule has 25 heavy (non-hydrogen) atoms. The number of carbonyl (C=O) groups excluding carboxylic acids is 2. The van der Waals surface area contributed by atoms with E-state index >= 15 is 0 Å². The third kappa shape index (κ3) is 4.04. The summed E-state index contributed by atoms with van der Waals surface area (Å²) in [6.07, 6.45) is -0.372. The van der Waals surface area contributed by atoms with Crippen LogP contribution in [-0.4, -0.2) is 24.5 Å². The molecule has 3 rings (SSSR count). The molecule has 2 aromatic carbocycles. The van der Waals surface area contributed by atoms with Crippen molar-refractivity contribution in [3.8, 4) is 5.75 Å². The smallest absolute Gasteiger partial charge is 0.267 e. The lowest BCUT2D eigenvalue weighted by Crippen LogP contribution is -2.45. The Morgan fingerprint density at radius 3 is 2.80 bits per heavy atom. The molecule has 0 saturated carbocycles. The number of nitrogens with zero attached hydrogens (tertiary/aromatic N) is 1. The Balaban J connectivity index is 1.69. The molecule has 0 bridgehead atoms. The molecule has 5 nitrogen and oxygen atoms in total. The fourth-order valence-corrected chi connectivity index (χ4v) is 3.32. The maximum absolute atomic E-state index is 12.4. The number of hydrogen-bond acceptors (Lipinski definition) is 3. The number of amides is 2. The standard InChI is InChI=1S/C18H16Br2N2O3/c1-11-18(24)22(15-4-2-3-5-16(15)25-11)9-8-17(23)21-14-10-12(19)6-7-13(14)20/h2-7,10-11H,8-9H2,1H3,(H,21,23). The molecule has 0 spiro atoms. The molecule has 1 unspecified atom stereocenters. The number of fused-ring (bicyclic) bond motifs is 1. The summed E-state index contributed by atoms with van der Waals surface area (Å²) >= 11 is 6.79. The molecule has 1 aliphatic heterocycles. The predicted octanol–water partition coefficient (Wildman–Crippen LogP) is 4.35. The van der Waals surface area contributed by atoms with Crippen LogP contribution in [0.25, 0.3) is 0 Å². The second kappa shape index (κ2) is 7.58. The van der Waals surface area contributed by atoms with Gasteiger partial charge in [-0.25, -0.2) is 0 Å². The predicted molar refractivity (Wildman–Crippen MR) is 104 cm³/mol. The van der Waals surface area contributed by atoms with E-state index in [0.29, 0.717) is 23.7 Å². The first-order chi connectivity index (χ1) is 12.0. The zero-order valence-corrected chi connectivity index (χ0v) is 16.6. The SMILES string of the molecule is CC1Oc2ccccc2N(CCC(=O)Nc2cc(Br)ccc2Br)C1=O. The summed E-state index contributed by atoms with van der Waals surface area (Å²) in [7, 11) is 0. The summed E-state index contributed by atoms with van der Waals surface area (Å²) in [6, 6.07) is 12.9. The minimum Gasteiger partial charge on any atom is -0.479 e. The van der Waals surface area contributed by atoms with Crippen molar-refractivity contribution in [3.05, 3.63) is 51.4 Å². The van der Waals surface area contributed by atoms with Gasteiger partial charge in [0.1, 0.15) is 5.75 Å². The molecule has 1 aliphatic rings. The highest BCUT2D eigenvalue weighted by atomic mass is 79.9. The van der Waals surface area contributed by atoms with Crippen LogP contribution in [-0.2, 0) is 9.59 Å². The van der Waals surface area contributed by atoms with E-state index in [1.807, 2.05) is 42.5 Å². The Labute approximate surface area is 162 Å². The van der Waals surface area contributed by atoms with E-state index in [4.69, 9.17) is 4.74 Å². The molecule has 1 heterocycles. The van der Waals surface area contributed by atoms with Crippen LogP contribution in [0.3, 0.4) is 0 Å². The Morgan fingerprint density at radius 1 is 1.24 bits per heavy atom. The molecular weight excluding hydrogens is 452 g/mol. The topological polar surface area (TPSA) is 58.6 Å². The van der Waals surface area contributed by atoms with E-state index in [1.165, 1.54) is 0 Å². The number of ether oxygens (including phenoxy) is 1. The first kappa shape index (κ1) is 17.9. The molecule has 0 fully saturated rings. The van der Waals surface area contributed by atoms with Crippen molar-refractivity contribution in [3.63, 3.8) is 0 Å². The van der Waals surface area contributed by atoms with Gasteiger partial charge in [0.15, 0.2) is 6.10 Å². The van der Waals surface area contributed by atoms with Gasteiger partial charge in [-0.1, -0.05) is 28.1 Å². The van der Waals surface area contributed by atoms with E-state index in [-0.39, 0.29) is 18.2 Å². The van der Waals surface area contributed by atoms with Crippen LogP contribution in [0.2, 0.25) is 0 Å². The van der Waals surface area contributed by atoms with Gasteiger partial charge in [-0.3, -0.25) is 9.59 Å². The molecule has 1 atom stereocenters. The van der Waals surface area contributed by atoms with Gasteiger partial charge in [0, 0.05) is 21.9 Å². The highest BCUT2D eigenvalue weighted by Crippen LogP contribution is 2.33. The molecule has 2 aromatic rings. The van der Waals surface area contributed by atoms with Crippen molar-refractivity contribution in [2.75, 3.05) is 16.8 Å². The van der Waals surface area contributed by atoms with Crippen molar-refractivity contribution in [1.29, 1.82) is 0 Å². The molecule has 1 N–H and O–H groups in total. The van der Waals surface area contributed by atoms with Crippen LogP contribution < -0.4 is 15.0 Å². The summed E-state index contributed by atoms with van der Waals surface area (Å²) < 4.78 is 7.27. The van der Waals surface area contributed by atoms with Crippen molar-refractivity contribution < 1.29 is 14.3 Å². The molecular formula is C18H16Br2N2O3. The minimum absolute atomic E-state index is 0.143. The van der Waals surface area contributed by atoms with Crippen molar-refractivity contribution >= 4 is 55.0 Å². The quantitative estimate of drug-likeness (QED) is 0.726. The summed E-state index contributed by atoms with van der Waals surface area (Å²) in [5.74, 6) is 0.350. The highest BCUT2D eigenvalue weighted by molar-refractivity contribution is 9.11. The first-order valence-electron chi connectivity index (χ1n) is 7.77. The molecule has 2 amide bonds. The van der Waals surface area contributed by atoms with Crippen LogP contribution >= 0.6 is 31.9 Å². The van der Waals surface area contributed by atoms with E-state index in [9.17, 15) is 9.59 Å². The number of hydrogen-bond donors (Lipinski definition) is 1. The van der Waals surface area contributed by atoms with Gasteiger partial charge in [0.25, 0.3) is 5.91 Å². The van der Waals surface area contributed by atoms with Crippen LogP contribution in [0.5, 0.6) is 5.75 Å². The third-order valence-electron chi connectivity index (χ3n) is 3.84. The summed E-state index contributed by atoms with van der Waals surface area (Å²) in [5, 5.41) is 2.86. The third-order valence-corrected chi connectivity index (χ3v) is 5.02. The average molecular weight is 468 g/mol. The van der Waals surface area contributed by atoms with E-state index < -0.39 is 6.10 Å².